The van der Waals surface area contributed by atoms with Gasteiger partial charge in [-0.3, -0.25) is 4.79 Å². The van der Waals surface area contributed by atoms with E-state index in [4.69, 9.17) is 4.43 Å². The fourth-order valence-corrected chi connectivity index (χ4v) is 10.3. The summed E-state index contributed by atoms with van der Waals surface area (Å²) in [5.74, 6) is 0.229. The lowest BCUT2D eigenvalue weighted by Gasteiger charge is -2.45. The number of benzene rings is 3. The maximum absolute atomic E-state index is 13.0. The molecule has 2 atom stereocenters. The Balaban J connectivity index is 1.65. The Morgan fingerprint density at radius 2 is 1.40 bits per heavy atom. The first-order valence-electron chi connectivity index (χ1n) is 12.7. The van der Waals surface area contributed by atoms with Gasteiger partial charge in [-0.25, -0.2) is 0 Å². The Hall–Kier alpha value is -2.75. The van der Waals surface area contributed by atoms with Gasteiger partial charge in [0.15, 0.2) is 0 Å². The van der Waals surface area contributed by atoms with Crippen LogP contribution in [0.4, 0.5) is 0 Å². The van der Waals surface area contributed by atoms with Crippen molar-refractivity contribution in [3.05, 3.63) is 109 Å². The van der Waals surface area contributed by atoms with Crippen molar-refractivity contribution >= 4 is 24.5 Å². The largest absolute Gasteiger partial charge is 0.407 e. The van der Waals surface area contributed by atoms with Crippen molar-refractivity contribution in [2.45, 2.75) is 52.0 Å². The minimum atomic E-state index is -2.63. The highest BCUT2D eigenvalue weighted by Gasteiger charge is 2.52. The second-order valence-electron chi connectivity index (χ2n) is 11.2. The van der Waals surface area contributed by atoms with Crippen LogP contribution in [-0.2, 0) is 15.6 Å². The third kappa shape index (κ3) is 5.27. The zero-order chi connectivity index (χ0) is 24.9. The van der Waals surface area contributed by atoms with Gasteiger partial charge >= 0.3 is 0 Å². The SMILES string of the molecule is CC(C)(C)[Si](OC[C@@]1(C)CCC(=O)[C@H]1/C=C\Cc1ccccc1)(c1ccccc1)c1ccccc1. The Bertz CT molecular complexity index is 1090. The van der Waals surface area contributed by atoms with Gasteiger partial charge in [-0.05, 0) is 33.8 Å². The molecule has 3 aromatic rings. The highest BCUT2D eigenvalue weighted by atomic mass is 28.4. The molecule has 0 aromatic heterocycles. The summed E-state index contributed by atoms with van der Waals surface area (Å²) >= 11 is 0. The summed E-state index contributed by atoms with van der Waals surface area (Å²) < 4.78 is 7.25. The van der Waals surface area contributed by atoms with Gasteiger partial charge in [0.2, 0.25) is 0 Å². The van der Waals surface area contributed by atoms with Crippen molar-refractivity contribution in [1.82, 2.24) is 0 Å². The summed E-state index contributed by atoms with van der Waals surface area (Å²) in [6.07, 6.45) is 6.66. The topological polar surface area (TPSA) is 26.3 Å². The van der Waals surface area contributed by atoms with Crippen LogP contribution in [-0.4, -0.2) is 20.7 Å². The molecule has 3 heteroatoms. The van der Waals surface area contributed by atoms with E-state index in [9.17, 15) is 4.79 Å². The standard InChI is InChI=1S/C32H38O2Si/c1-31(2,3)35(27-18-10-6-11-19-27,28-20-12-7-13-21-28)34-25-32(4)24-23-30(33)29(32)22-14-17-26-15-8-5-9-16-26/h5-16,18-22,29H,17,23-25H2,1-4H3/b22-14-/t29-,32-/m1/s1. The molecule has 0 aliphatic heterocycles. The van der Waals surface area contributed by atoms with E-state index in [2.05, 4.69) is 125 Å². The molecule has 0 spiro atoms. The second kappa shape index (κ2) is 10.5. The van der Waals surface area contributed by atoms with Gasteiger partial charge in [-0.15, -0.1) is 0 Å². The van der Waals surface area contributed by atoms with Gasteiger partial charge in [0.25, 0.3) is 8.32 Å². The van der Waals surface area contributed by atoms with Crippen molar-refractivity contribution in [1.29, 1.82) is 0 Å². The van der Waals surface area contributed by atoms with Gasteiger partial charge in [-0.1, -0.05) is 131 Å². The van der Waals surface area contributed by atoms with Crippen LogP contribution in [0.1, 0.15) is 46.1 Å². The normalized spacial score (nSPS) is 21.0. The molecule has 0 saturated heterocycles. The van der Waals surface area contributed by atoms with Crippen molar-refractivity contribution < 1.29 is 9.22 Å². The molecule has 0 unspecified atom stereocenters. The highest BCUT2D eigenvalue weighted by Crippen LogP contribution is 2.44. The van der Waals surface area contributed by atoms with Gasteiger partial charge in [0.05, 0.1) is 0 Å². The highest BCUT2D eigenvalue weighted by molar-refractivity contribution is 6.99. The van der Waals surface area contributed by atoms with E-state index in [0.717, 1.165) is 12.8 Å². The van der Waals surface area contributed by atoms with E-state index in [1.54, 1.807) is 0 Å². The van der Waals surface area contributed by atoms with E-state index in [-0.39, 0.29) is 16.4 Å². The third-order valence-corrected chi connectivity index (χ3v) is 12.6. The number of hydrogen-bond donors (Lipinski definition) is 0. The molecule has 0 bridgehead atoms. The number of hydrogen-bond acceptors (Lipinski definition) is 2. The molecule has 2 nitrogen and oxygen atoms in total. The Labute approximate surface area is 212 Å². The van der Waals surface area contributed by atoms with E-state index in [1.165, 1.54) is 15.9 Å². The molecule has 0 heterocycles. The minimum absolute atomic E-state index is 0.0761. The summed E-state index contributed by atoms with van der Waals surface area (Å²) in [6.45, 7) is 9.73. The number of carbonyl (C=O) groups is 1. The molecule has 1 aliphatic carbocycles. The third-order valence-electron chi connectivity index (χ3n) is 7.60. The summed E-state index contributed by atoms with van der Waals surface area (Å²) in [4.78, 5) is 13.0. The first kappa shape index (κ1) is 25.3. The zero-order valence-corrected chi connectivity index (χ0v) is 22.5. The fourth-order valence-electron chi connectivity index (χ4n) is 5.60. The quantitative estimate of drug-likeness (QED) is 0.276. The minimum Gasteiger partial charge on any atom is -0.407 e. The molecular formula is C32H38O2Si. The van der Waals surface area contributed by atoms with E-state index in [1.807, 2.05) is 6.07 Å². The van der Waals surface area contributed by atoms with Gasteiger partial charge < -0.3 is 4.43 Å². The number of allylic oxidation sites excluding steroid dienone is 2. The van der Waals surface area contributed by atoms with Crippen LogP contribution in [0.3, 0.4) is 0 Å². The van der Waals surface area contributed by atoms with Crippen molar-refractivity contribution in [3.8, 4) is 0 Å². The average molecular weight is 483 g/mol. The summed E-state index contributed by atoms with van der Waals surface area (Å²) in [5.41, 5.74) is 1.05. The molecule has 35 heavy (non-hydrogen) atoms. The van der Waals surface area contributed by atoms with Crippen LogP contribution in [0, 0.1) is 11.3 Å². The number of Topliss-reactive ketones (excluding diaryl/α,β-unsaturated/α-hetero) is 1. The van der Waals surface area contributed by atoms with Crippen LogP contribution in [0.2, 0.25) is 5.04 Å². The fraction of sp³-hybridized carbons (Fsp3) is 0.344. The predicted octanol–water partition coefficient (Wildman–Crippen LogP) is 6.35. The smallest absolute Gasteiger partial charge is 0.261 e. The van der Waals surface area contributed by atoms with Crippen LogP contribution in [0.25, 0.3) is 0 Å². The molecule has 0 amide bonds. The molecule has 1 saturated carbocycles. The lowest BCUT2D eigenvalue weighted by Crippen LogP contribution is -2.67. The maximum Gasteiger partial charge on any atom is 0.261 e. The predicted molar refractivity (Wildman–Crippen MR) is 149 cm³/mol. The van der Waals surface area contributed by atoms with Crippen LogP contribution in [0.15, 0.2) is 103 Å². The average Bonchev–Trinajstić information content (AvgIpc) is 3.14. The lowest BCUT2D eigenvalue weighted by atomic mass is 9.80. The molecule has 0 N–H and O–H groups in total. The van der Waals surface area contributed by atoms with Gasteiger partial charge in [0, 0.05) is 24.4 Å². The molecule has 0 radical (unpaired) electrons. The molecule has 182 valence electrons. The Morgan fingerprint density at radius 1 is 0.886 bits per heavy atom. The lowest BCUT2D eigenvalue weighted by molar-refractivity contribution is -0.120. The maximum atomic E-state index is 13.0. The number of ketones is 1. The first-order valence-corrected chi connectivity index (χ1v) is 14.7. The van der Waals surface area contributed by atoms with Crippen LogP contribution >= 0.6 is 0 Å². The van der Waals surface area contributed by atoms with Gasteiger partial charge in [0.1, 0.15) is 5.78 Å². The second-order valence-corrected chi connectivity index (χ2v) is 15.5. The van der Waals surface area contributed by atoms with Crippen molar-refractivity contribution in [2.24, 2.45) is 11.3 Å². The van der Waals surface area contributed by atoms with Crippen molar-refractivity contribution in [2.75, 3.05) is 6.61 Å². The first-order chi connectivity index (χ1) is 16.8. The van der Waals surface area contributed by atoms with E-state index >= 15 is 0 Å². The molecule has 1 fully saturated rings. The monoisotopic (exact) mass is 482 g/mol. The summed E-state index contributed by atoms with van der Waals surface area (Å²) in [7, 11) is -2.63. The van der Waals surface area contributed by atoms with Crippen LogP contribution < -0.4 is 10.4 Å². The Morgan fingerprint density at radius 3 is 1.91 bits per heavy atom. The Kier molecular flexibility index (Phi) is 7.58. The van der Waals surface area contributed by atoms with E-state index in [0.29, 0.717) is 18.8 Å². The van der Waals surface area contributed by atoms with Gasteiger partial charge in [-0.2, -0.15) is 0 Å². The van der Waals surface area contributed by atoms with Crippen molar-refractivity contribution in [3.63, 3.8) is 0 Å². The molecule has 3 aromatic carbocycles. The van der Waals surface area contributed by atoms with E-state index < -0.39 is 8.32 Å². The number of rotatable bonds is 8. The molecule has 1 aliphatic rings. The number of carbonyl (C=O) groups excluding carboxylic acids is 1. The zero-order valence-electron chi connectivity index (χ0n) is 21.5. The summed E-state index contributed by atoms with van der Waals surface area (Å²) in [5, 5.41) is 2.48. The summed E-state index contributed by atoms with van der Waals surface area (Å²) in [6, 6.07) is 31.9. The molecular weight excluding hydrogens is 444 g/mol. The molecule has 4 rings (SSSR count). The van der Waals surface area contributed by atoms with Crippen LogP contribution in [0.5, 0.6) is 0 Å².